The summed E-state index contributed by atoms with van der Waals surface area (Å²) in [6.07, 6.45) is 5.10. The van der Waals surface area contributed by atoms with E-state index in [0.717, 1.165) is 32.9 Å². The highest BCUT2D eigenvalue weighted by atomic mass is 16.5. The molecule has 0 amide bonds. The van der Waals surface area contributed by atoms with Crippen molar-refractivity contribution in [1.29, 1.82) is 0 Å². The van der Waals surface area contributed by atoms with Crippen LogP contribution in [0.4, 0.5) is 11.5 Å². The van der Waals surface area contributed by atoms with Gasteiger partial charge in [-0.15, -0.1) is 0 Å². The van der Waals surface area contributed by atoms with E-state index in [1.807, 2.05) is 54.6 Å². The normalized spacial score (nSPS) is 11.9. The Morgan fingerprint density at radius 3 is 2.46 bits per heavy atom. The number of nitrogens with one attached hydrogen (secondary N) is 1. The van der Waals surface area contributed by atoms with Gasteiger partial charge in [0.2, 0.25) is 0 Å². The summed E-state index contributed by atoms with van der Waals surface area (Å²) in [6.45, 7) is 0.908. The number of nitrogens with zero attached hydrogens (tertiary/aromatic N) is 3. The molecule has 0 fully saturated rings. The number of rotatable bonds is 9. The van der Waals surface area contributed by atoms with E-state index in [9.17, 15) is 0 Å². The second kappa shape index (κ2) is 10.5. The van der Waals surface area contributed by atoms with Gasteiger partial charge in [0.1, 0.15) is 18.2 Å². The molecule has 0 unspecified atom stereocenters. The fourth-order valence-corrected chi connectivity index (χ4v) is 4.11. The third kappa shape index (κ3) is 5.17. The third-order valence-corrected chi connectivity index (χ3v) is 6.03. The monoisotopic (exact) mass is 496 g/mol. The van der Waals surface area contributed by atoms with E-state index in [0.29, 0.717) is 41.9 Å². The third-order valence-electron chi connectivity index (χ3n) is 6.03. The number of hydrogen-bond acceptors (Lipinski definition) is 9. The summed E-state index contributed by atoms with van der Waals surface area (Å²) in [4.78, 5) is 13.5. The lowest BCUT2D eigenvalue weighted by Gasteiger charge is -2.15. The standard InChI is InChI=1S/C28H28N6O3/c1-35-26-10-22-21-9-24(34-28(30)23(21)15-33-25(22)11-27(26)36-2)17-8-20(14-31-12-17)37-16-18(29)13-32-19-6-4-3-5-7-19/h3-12,14-15,18,32H,13,16,29H2,1-2H3,(H2,30,34)/t18-/m0/s1. The first-order chi connectivity index (χ1) is 18.1. The number of anilines is 2. The molecule has 0 saturated heterocycles. The van der Waals surface area contributed by atoms with Crippen LogP contribution in [0, 0.1) is 0 Å². The van der Waals surface area contributed by atoms with Gasteiger partial charge in [0, 0.05) is 47.0 Å². The Balaban J connectivity index is 1.40. The number of methoxy groups -OCH3 is 2. The van der Waals surface area contributed by atoms with Crippen molar-refractivity contribution >= 4 is 33.2 Å². The van der Waals surface area contributed by atoms with Crippen LogP contribution in [0.3, 0.4) is 0 Å². The number of aromatic nitrogens is 3. The van der Waals surface area contributed by atoms with Crippen molar-refractivity contribution in [1.82, 2.24) is 15.0 Å². The summed E-state index contributed by atoms with van der Waals surface area (Å²) >= 11 is 0. The predicted molar refractivity (Wildman–Crippen MR) is 146 cm³/mol. The maximum atomic E-state index is 6.35. The fourth-order valence-electron chi connectivity index (χ4n) is 4.11. The average Bonchev–Trinajstić information content (AvgIpc) is 2.94. The summed E-state index contributed by atoms with van der Waals surface area (Å²) in [5.74, 6) is 2.18. The number of nitrogen functional groups attached to an aromatic ring is 1. The van der Waals surface area contributed by atoms with Gasteiger partial charge in [-0.3, -0.25) is 9.97 Å². The van der Waals surface area contributed by atoms with Crippen molar-refractivity contribution in [2.75, 3.05) is 38.4 Å². The van der Waals surface area contributed by atoms with Crippen LogP contribution < -0.4 is 31.0 Å². The molecule has 0 bridgehead atoms. The number of ether oxygens (including phenoxy) is 3. The molecule has 9 nitrogen and oxygen atoms in total. The first-order valence-electron chi connectivity index (χ1n) is 11.8. The van der Waals surface area contributed by atoms with Crippen LogP contribution in [0.1, 0.15) is 0 Å². The Morgan fingerprint density at radius 2 is 1.68 bits per heavy atom. The molecule has 5 aromatic rings. The molecule has 0 saturated carbocycles. The van der Waals surface area contributed by atoms with Crippen LogP contribution in [0.2, 0.25) is 0 Å². The highest BCUT2D eigenvalue weighted by molar-refractivity contribution is 6.10. The molecule has 9 heteroatoms. The van der Waals surface area contributed by atoms with Gasteiger partial charge in [0.05, 0.1) is 37.7 Å². The van der Waals surface area contributed by atoms with Crippen LogP contribution in [0.15, 0.2) is 73.2 Å². The molecule has 37 heavy (non-hydrogen) atoms. The van der Waals surface area contributed by atoms with Gasteiger partial charge in [-0.25, -0.2) is 4.98 Å². The van der Waals surface area contributed by atoms with E-state index < -0.39 is 0 Å². The van der Waals surface area contributed by atoms with Crippen molar-refractivity contribution in [3.63, 3.8) is 0 Å². The van der Waals surface area contributed by atoms with Crippen LogP contribution in [-0.4, -0.2) is 48.4 Å². The first kappa shape index (κ1) is 24.1. The maximum Gasteiger partial charge on any atom is 0.162 e. The molecule has 0 spiro atoms. The largest absolute Gasteiger partial charge is 0.493 e. The van der Waals surface area contributed by atoms with Crippen LogP contribution >= 0.6 is 0 Å². The molecule has 5 rings (SSSR count). The zero-order valence-corrected chi connectivity index (χ0v) is 20.6. The SMILES string of the molecule is COc1cc2ncc3c(N)nc(-c4cncc(OC[C@@H](N)CNc5ccccc5)c4)cc3c2cc1OC. The van der Waals surface area contributed by atoms with Crippen LogP contribution in [-0.2, 0) is 0 Å². The number of benzene rings is 2. The molecule has 5 N–H and O–H groups in total. The number of fused-ring (bicyclic) bond motifs is 3. The van der Waals surface area contributed by atoms with Crippen molar-refractivity contribution in [2.24, 2.45) is 5.73 Å². The van der Waals surface area contributed by atoms with E-state index in [4.69, 9.17) is 25.7 Å². The molecule has 0 aliphatic carbocycles. The van der Waals surface area contributed by atoms with Gasteiger partial charge in [0.15, 0.2) is 11.5 Å². The lowest BCUT2D eigenvalue weighted by atomic mass is 10.0. The maximum absolute atomic E-state index is 6.35. The Kier molecular flexibility index (Phi) is 6.87. The van der Waals surface area contributed by atoms with Crippen LogP contribution in [0.5, 0.6) is 17.2 Å². The zero-order valence-electron chi connectivity index (χ0n) is 20.6. The minimum Gasteiger partial charge on any atom is -0.493 e. The topological polar surface area (TPSA) is 130 Å². The van der Waals surface area contributed by atoms with Gasteiger partial charge in [-0.05, 0) is 35.7 Å². The van der Waals surface area contributed by atoms with Gasteiger partial charge < -0.3 is 31.0 Å². The molecule has 3 heterocycles. The fraction of sp³-hybridized carbons (Fsp3) is 0.179. The van der Waals surface area contributed by atoms with E-state index in [1.54, 1.807) is 32.8 Å². The van der Waals surface area contributed by atoms with E-state index in [2.05, 4.69) is 20.3 Å². The Bertz CT molecular complexity index is 1540. The minimum absolute atomic E-state index is 0.205. The second-order valence-corrected chi connectivity index (χ2v) is 8.56. The molecule has 0 aliphatic rings. The molecule has 0 radical (unpaired) electrons. The molecule has 0 aliphatic heterocycles. The molecule has 1 atom stereocenters. The predicted octanol–water partition coefficient (Wildman–Crippen LogP) is 4.26. The van der Waals surface area contributed by atoms with E-state index in [-0.39, 0.29) is 6.04 Å². The number of nitrogens with two attached hydrogens (primary N) is 2. The van der Waals surface area contributed by atoms with Gasteiger partial charge in [0.25, 0.3) is 0 Å². The second-order valence-electron chi connectivity index (χ2n) is 8.56. The van der Waals surface area contributed by atoms with E-state index >= 15 is 0 Å². The quantitative estimate of drug-likeness (QED) is 0.256. The molecule has 3 aromatic heterocycles. The Hall–Kier alpha value is -4.63. The van der Waals surface area contributed by atoms with Crippen molar-refractivity contribution in [2.45, 2.75) is 6.04 Å². The summed E-state index contributed by atoms with van der Waals surface area (Å²) in [7, 11) is 3.20. The smallest absolute Gasteiger partial charge is 0.162 e. The molecule has 188 valence electrons. The summed E-state index contributed by atoms with van der Waals surface area (Å²) in [5, 5.41) is 5.83. The van der Waals surface area contributed by atoms with Crippen LogP contribution in [0.25, 0.3) is 32.9 Å². The molecular formula is C28H28N6O3. The Labute approximate surface area is 214 Å². The van der Waals surface area contributed by atoms with Gasteiger partial charge >= 0.3 is 0 Å². The highest BCUT2D eigenvalue weighted by Crippen LogP contribution is 2.37. The summed E-state index contributed by atoms with van der Waals surface area (Å²) in [5.41, 5.74) is 15.8. The minimum atomic E-state index is -0.205. The molecular weight excluding hydrogens is 468 g/mol. The lowest BCUT2D eigenvalue weighted by Crippen LogP contribution is -2.35. The van der Waals surface area contributed by atoms with Crippen molar-refractivity contribution in [3.8, 4) is 28.5 Å². The van der Waals surface area contributed by atoms with Gasteiger partial charge in [-0.2, -0.15) is 0 Å². The number of hydrogen-bond donors (Lipinski definition) is 3. The average molecular weight is 497 g/mol. The highest BCUT2D eigenvalue weighted by Gasteiger charge is 2.14. The van der Waals surface area contributed by atoms with Gasteiger partial charge in [-0.1, -0.05) is 18.2 Å². The molecule has 2 aromatic carbocycles. The first-order valence-corrected chi connectivity index (χ1v) is 11.8. The summed E-state index contributed by atoms with van der Waals surface area (Å²) in [6, 6.07) is 17.3. The van der Waals surface area contributed by atoms with E-state index in [1.165, 1.54) is 0 Å². The summed E-state index contributed by atoms with van der Waals surface area (Å²) < 4.78 is 16.9. The number of pyridine rings is 3. The van der Waals surface area contributed by atoms with Crippen molar-refractivity contribution < 1.29 is 14.2 Å². The van der Waals surface area contributed by atoms with Crippen molar-refractivity contribution in [3.05, 3.63) is 73.2 Å². The Morgan fingerprint density at radius 1 is 0.892 bits per heavy atom. The zero-order chi connectivity index (χ0) is 25.8. The lowest BCUT2D eigenvalue weighted by molar-refractivity contribution is 0.292. The number of para-hydroxylation sites is 1.